The number of piperidine rings is 1. The van der Waals surface area contributed by atoms with Crippen LogP contribution >= 0.6 is 11.6 Å². The van der Waals surface area contributed by atoms with Crippen molar-refractivity contribution in [3.63, 3.8) is 0 Å². The van der Waals surface area contributed by atoms with E-state index in [0.717, 1.165) is 46.5 Å². The van der Waals surface area contributed by atoms with E-state index in [1.165, 1.54) is 19.3 Å². The third-order valence-electron chi connectivity index (χ3n) is 6.84. The molecule has 2 N–H and O–H groups in total. The zero-order chi connectivity index (χ0) is 22.8. The van der Waals surface area contributed by atoms with E-state index in [-0.39, 0.29) is 5.92 Å². The minimum absolute atomic E-state index is 0.291. The van der Waals surface area contributed by atoms with Crippen molar-refractivity contribution in [1.29, 1.82) is 0 Å². The molecule has 3 aromatic rings. The van der Waals surface area contributed by atoms with Crippen LogP contribution in [0.4, 0.5) is 11.6 Å². The molecule has 0 radical (unpaired) electrons. The van der Waals surface area contributed by atoms with Gasteiger partial charge in [-0.2, -0.15) is 0 Å². The van der Waals surface area contributed by atoms with Gasteiger partial charge in [0.1, 0.15) is 11.6 Å². The van der Waals surface area contributed by atoms with Crippen LogP contribution in [0.2, 0.25) is 5.02 Å². The Morgan fingerprint density at radius 1 is 1.09 bits per heavy atom. The van der Waals surface area contributed by atoms with Crippen LogP contribution in [0.25, 0.3) is 22.0 Å². The summed E-state index contributed by atoms with van der Waals surface area (Å²) in [5.41, 5.74) is 1.60. The molecule has 172 valence electrons. The molecular weight excluding hydrogens is 438 g/mol. The Labute approximate surface area is 198 Å². The first-order valence-electron chi connectivity index (χ1n) is 11.7. The zero-order valence-electron chi connectivity index (χ0n) is 18.5. The molecule has 8 heteroatoms. The number of halogens is 1. The standard InChI is InChI=1S/C25H28ClN5O2/c26-21-15-28-23(29-18-4-2-1-3-5-18)13-20(21)22-12-17-14-27-9-6-19(17)24(30-22)31-10-7-16(8-11-31)25(32)33/h6,9,12-16,18H,1-5,7-8,10-11H2,(H,28,29)(H,32,33). The number of hydrogen-bond donors (Lipinski definition) is 2. The predicted molar refractivity (Wildman–Crippen MR) is 131 cm³/mol. The van der Waals surface area contributed by atoms with Crippen LogP contribution in [0, 0.1) is 5.92 Å². The smallest absolute Gasteiger partial charge is 0.306 e. The lowest BCUT2D eigenvalue weighted by molar-refractivity contribution is -0.142. The summed E-state index contributed by atoms with van der Waals surface area (Å²) in [5, 5.41) is 15.5. The Morgan fingerprint density at radius 2 is 1.88 bits per heavy atom. The second-order valence-electron chi connectivity index (χ2n) is 9.06. The number of pyridine rings is 3. The van der Waals surface area contributed by atoms with Crippen molar-refractivity contribution in [3.8, 4) is 11.3 Å². The zero-order valence-corrected chi connectivity index (χ0v) is 19.3. The number of hydrogen-bond acceptors (Lipinski definition) is 6. The molecular formula is C25H28ClN5O2. The third-order valence-corrected chi connectivity index (χ3v) is 7.14. The quantitative estimate of drug-likeness (QED) is 0.521. The van der Waals surface area contributed by atoms with Crippen molar-refractivity contribution >= 4 is 40.0 Å². The molecule has 1 saturated carbocycles. The first-order valence-corrected chi connectivity index (χ1v) is 12.1. The average molecular weight is 466 g/mol. The number of rotatable bonds is 5. The molecule has 2 fully saturated rings. The summed E-state index contributed by atoms with van der Waals surface area (Å²) in [6.07, 6.45) is 12.6. The van der Waals surface area contributed by atoms with E-state index in [1.807, 2.05) is 24.4 Å². The van der Waals surface area contributed by atoms with E-state index in [0.29, 0.717) is 37.0 Å². The van der Waals surface area contributed by atoms with Crippen LogP contribution in [0.15, 0.2) is 36.8 Å². The molecule has 0 amide bonds. The van der Waals surface area contributed by atoms with Gasteiger partial charge in [0.15, 0.2) is 0 Å². The van der Waals surface area contributed by atoms with Crippen molar-refractivity contribution in [2.75, 3.05) is 23.3 Å². The first kappa shape index (κ1) is 21.9. The summed E-state index contributed by atoms with van der Waals surface area (Å²) in [7, 11) is 0. The van der Waals surface area contributed by atoms with Crippen molar-refractivity contribution in [2.45, 2.75) is 51.0 Å². The van der Waals surface area contributed by atoms with E-state index >= 15 is 0 Å². The molecule has 1 saturated heterocycles. The molecule has 0 atom stereocenters. The van der Waals surface area contributed by atoms with Crippen LogP contribution in [-0.2, 0) is 4.79 Å². The number of fused-ring (bicyclic) bond motifs is 1. The van der Waals surface area contributed by atoms with Gasteiger partial charge in [-0.25, -0.2) is 9.97 Å². The molecule has 0 aromatic carbocycles. The number of aromatic nitrogens is 3. The number of carbonyl (C=O) groups is 1. The maximum absolute atomic E-state index is 11.4. The second-order valence-corrected chi connectivity index (χ2v) is 9.46. The van der Waals surface area contributed by atoms with Gasteiger partial charge in [0.25, 0.3) is 0 Å². The fraction of sp³-hybridized carbons (Fsp3) is 0.440. The SMILES string of the molecule is O=C(O)C1CCN(c2nc(-c3cc(NC4CCCCC4)ncc3Cl)cc3cnccc23)CC1. The molecule has 3 aromatic heterocycles. The Hall–Kier alpha value is -2.93. The minimum Gasteiger partial charge on any atom is -0.481 e. The van der Waals surface area contributed by atoms with Crippen LogP contribution < -0.4 is 10.2 Å². The molecule has 2 aliphatic rings. The number of carboxylic acid groups (broad SMARTS) is 1. The van der Waals surface area contributed by atoms with Crippen molar-refractivity contribution in [3.05, 3.63) is 41.8 Å². The van der Waals surface area contributed by atoms with E-state index in [9.17, 15) is 9.90 Å². The lowest BCUT2D eigenvalue weighted by atomic mass is 9.95. The van der Waals surface area contributed by atoms with Crippen molar-refractivity contribution in [1.82, 2.24) is 15.0 Å². The highest BCUT2D eigenvalue weighted by molar-refractivity contribution is 6.33. The summed E-state index contributed by atoms with van der Waals surface area (Å²) in [6, 6.07) is 6.42. The van der Waals surface area contributed by atoms with Crippen LogP contribution in [0.3, 0.4) is 0 Å². The normalized spacial score (nSPS) is 17.9. The molecule has 0 spiro atoms. The van der Waals surface area contributed by atoms with E-state index in [1.54, 1.807) is 12.4 Å². The monoisotopic (exact) mass is 465 g/mol. The lowest BCUT2D eigenvalue weighted by Crippen LogP contribution is -2.36. The molecule has 7 nitrogen and oxygen atoms in total. The van der Waals surface area contributed by atoms with Gasteiger partial charge in [0.05, 0.1) is 16.6 Å². The fourth-order valence-electron chi connectivity index (χ4n) is 4.97. The molecule has 0 unspecified atom stereocenters. The maximum atomic E-state index is 11.4. The van der Waals surface area contributed by atoms with Gasteiger partial charge in [0, 0.05) is 54.1 Å². The largest absolute Gasteiger partial charge is 0.481 e. The second kappa shape index (κ2) is 9.51. The molecule has 33 heavy (non-hydrogen) atoms. The third kappa shape index (κ3) is 4.74. The van der Waals surface area contributed by atoms with E-state index in [4.69, 9.17) is 16.6 Å². The highest BCUT2D eigenvalue weighted by Gasteiger charge is 2.26. The van der Waals surface area contributed by atoms with Crippen molar-refractivity contribution < 1.29 is 9.90 Å². The highest BCUT2D eigenvalue weighted by atomic mass is 35.5. The Morgan fingerprint density at radius 3 is 2.64 bits per heavy atom. The molecule has 0 bridgehead atoms. The summed E-state index contributed by atoms with van der Waals surface area (Å²) in [4.78, 5) is 27.4. The number of anilines is 2. The predicted octanol–water partition coefficient (Wildman–Crippen LogP) is 5.39. The maximum Gasteiger partial charge on any atom is 0.306 e. The average Bonchev–Trinajstić information content (AvgIpc) is 2.85. The van der Waals surface area contributed by atoms with E-state index < -0.39 is 5.97 Å². The number of carboxylic acids is 1. The summed E-state index contributed by atoms with van der Waals surface area (Å²) >= 11 is 6.59. The molecule has 1 aliphatic carbocycles. The molecule has 4 heterocycles. The Kier molecular flexibility index (Phi) is 6.31. The Balaban J connectivity index is 1.50. The van der Waals surface area contributed by atoms with Crippen molar-refractivity contribution in [2.24, 2.45) is 5.92 Å². The van der Waals surface area contributed by atoms with Gasteiger partial charge < -0.3 is 15.3 Å². The van der Waals surface area contributed by atoms with Gasteiger partial charge in [-0.15, -0.1) is 0 Å². The van der Waals surface area contributed by atoms with Crippen LogP contribution in [0.1, 0.15) is 44.9 Å². The van der Waals surface area contributed by atoms with Gasteiger partial charge in [-0.1, -0.05) is 30.9 Å². The lowest BCUT2D eigenvalue weighted by Gasteiger charge is -2.32. The fourth-order valence-corrected chi connectivity index (χ4v) is 5.17. The summed E-state index contributed by atoms with van der Waals surface area (Å²) in [5.74, 6) is 0.661. The summed E-state index contributed by atoms with van der Waals surface area (Å²) < 4.78 is 0. The number of nitrogens with zero attached hydrogens (tertiary/aromatic N) is 4. The van der Waals surface area contributed by atoms with Gasteiger partial charge in [-0.05, 0) is 43.9 Å². The molecule has 5 rings (SSSR count). The molecule has 1 aliphatic heterocycles. The number of aliphatic carboxylic acids is 1. The van der Waals surface area contributed by atoms with Gasteiger partial charge in [0.2, 0.25) is 0 Å². The Bertz CT molecular complexity index is 1160. The minimum atomic E-state index is -0.716. The van der Waals surface area contributed by atoms with Gasteiger partial charge in [-0.3, -0.25) is 9.78 Å². The topological polar surface area (TPSA) is 91.2 Å². The first-order chi connectivity index (χ1) is 16.1. The van der Waals surface area contributed by atoms with Gasteiger partial charge >= 0.3 is 5.97 Å². The van der Waals surface area contributed by atoms with Crippen LogP contribution in [-0.4, -0.2) is 45.2 Å². The number of nitrogens with one attached hydrogen (secondary N) is 1. The summed E-state index contributed by atoms with van der Waals surface area (Å²) in [6.45, 7) is 1.31. The highest BCUT2D eigenvalue weighted by Crippen LogP contribution is 2.35. The van der Waals surface area contributed by atoms with E-state index in [2.05, 4.69) is 20.2 Å². The van der Waals surface area contributed by atoms with Crippen LogP contribution in [0.5, 0.6) is 0 Å².